The van der Waals surface area contributed by atoms with Gasteiger partial charge in [-0.05, 0) is 32.5 Å². The molecule has 0 saturated heterocycles. The maximum Gasteiger partial charge on any atom is 0.142 e. The van der Waals surface area contributed by atoms with Crippen molar-refractivity contribution in [2.75, 3.05) is 32.5 Å². The van der Waals surface area contributed by atoms with Crippen LogP contribution in [0.2, 0.25) is 0 Å². The summed E-state index contributed by atoms with van der Waals surface area (Å²) in [6.45, 7) is 4.09. The Balaban J connectivity index is 2.21. The number of benzene rings is 1. The third-order valence-electron chi connectivity index (χ3n) is 2.58. The third kappa shape index (κ3) is 5.56. The highest BCUT2D eigenvalue weighted by atomic mass is 16.5. The van der Waals surface area contributed by atoms with Gasteiger partial charge in [-0.25, -0.2) is 0 Å². The van der Waals surface area contributed by atoms with Crippen molar-refractivity contribution < 1.29 is 9.84 Å². The maximum absolute atomic E-state index is 9.17. The van der Waals surface area contributed by atoms with E-state index in [2.05, 4.69) is 4.90 Å². The number of hydrogen-bond donors (Lipinski definition) is 2. The molecule has 3 N–H and O–H groups in total. The van der Waals surface area contributed by atoms with Crippen molar-refractivity contribution in [2.45, 2.75) is 19.4 Å². The van der Waals surface area contributed by atoms with Crippen LogP contribution in [-0.4, -0.2) is 42.9 Å². The number of para-hydroxylation sites is 2. The van der Waals surface area contributed by atoms with Gasteiger partial charge in [-0.15, -0.1) is 0 Å². The zero-order valence-corrected chi connectivity index (χ0v) is 10.6. The van der Waals surface area contributed by atoms with Gasteiger partial charge in [0, 0.05) is 13.1 Å². The molecule has 96 valence electrons. The van der Waals surface area contributed by atoms with Gasteiger partial charge in [0.1, 0.15) is 12.4 Å². The van der Waals surface area contributed by atoms with E-state index >= 15 is 0 Å². The Labute approximate surface area is 103 Å². The molecular formula is C13H22N2O2. The molecule has 0 heterocycles. The average Bonchev–Trinajstić information content (AvgIpc) is 2.29. The van der Waals surface area contributed by atoms with E-state index in [1.807, 2.05) is 31.3 Å². The topological polar surface area (TPSA) is 58.7 Å². The van der Waals surface area contributed by atoms with Gasteiger partial charge in [0.25, 0.3) is 0 Å². The molecule has 0 aliphatic heterocycles. The minimum absolute atomic E-state index is 0.247. The molecule has 0 radical (unpaired) electrons. The Morgan fingerprint density at radius 1 is 1.35 bits per heavy atom. The lowest BCUT2D eigenvalue weighted by molar-refractivity contribution is 0.157. The standard InChI is InChI=1S/C13H22N2O2/c1-11(16)7-8-15(2)9-10-17-13-6-4-3-5-12(13)14/h3-6,11,16H,7-10,14H2,1-2H3. The molecule has 17 heavy (non-hydrogen) atoms. The molecule has 1 aromatic carbocycles. The lowest BCUT2D eigenvalue weighted by Crippen LogP contribution is -2.27. The highest BCUT2D eigenvalue weighted by molar-refractivity contribution is 5.51. The van der Waals surface area contributed by atoms with E-state index in [0.717, 1.165) is 25.3 Å². The first-order valence-corrected chi connectivity index (χ1v) is 5.93. The molecule has 1 unspecified atom stereocenters. The zero-order valence-electron chi connectivity index (χ0n) is 10.6. The van der Waals surface area contributed by atoms with E-state index in [4.69, 9.17) is 15.6 Å². The number of nitrogens with two attached hydrogens (primary N) is 1. The molecule has 1 atom stereocenters. The van der Waals surface area contributed by atoms with Crippen molar-refractivity contribution in [2.24, 2.45) is 0 Å². The van der Waals surface area contributed by atoms with Crippen molar-refractivity contribution in [1.82, 2.24) is 4.90 Å². The number of aliphatic hydroxyl groups excluding tert-OH is 1. The van der Waals surface area contributed by atoms with Gasteiger partial charge in [0.05, 0.1) is 11.8 Å². The Morgan fingerprint density at radius 3 is 2.71 bits per heavy atom. The van der Waals surface area contributed by atoms with Crippen LogP contribution in [0.25, 0.3) is 0 Å². The zero-order chi connectivity index (χ0) is 12.7. The number of nitrogen functional groups attached to an aromatic ring is 1. The van der Waals surface area contributed by atoms with Crippen molar-refractivity contribution in [3.8, 4) is 5.75 Å². The fraction of sp³-hybridized carbons (Fsp3) is 0.538. The van der Waals surface area contributed by atoms with Crippen LogP contribution < -0.4 is 10.5 Å². The summed E-state index contributed by atoms with van der Waals surface area (Å²) in [6.07, 6.45) is 0.535. The lowest BCUT2D eigenvalue weighted by Gasteiger charge is -2.18. The summed E-state index contributed by atoms with van der Waals surface area (Å²) in [7, 11) is 2.01. The average molecular weight is 238 g/mol. The summed E-state index contributed by atoms with van der Waals surface area (Å²) in [6, 6.07) is 7.48. The number of rotatable bonds is 7. The predicted octanol–water partition coefficient (Wildman–Crippen LogP) is 1.35. The van der Waals surface area contributed by atoms with E-state index in [1.165, 1.54) is 0 Å². The van der Waals surface area contributed by atoms with Gasteiger partial charge in [-0.1, -0.05) is 12.1 Å². The predicted molar refractivity (Wildman–Crippen MR) is 70.1 cm³/mol. The second-order valence-electron chi connectivity index (χ2n) is 4.33. The molecule has 0 amide bonds. The van der Waals surface area contributed by atoms with Gasteiger partial charge in [0.2, 0.25) is 0 Å². The van der Waals surface area contributed by atoms with E-state index in [-0.39, 0.29) is 6.10 Å². The molecule has 0 aliphatic rings. The van der Waals surface area contributed by atoms with Crippen LogP contribution in [0.4, 0.5) is 5.69 Å². The normalized spacial score (nSPS) is 12.7. The SMILES string of the molecule is CC(O)CCN(C)CCOc1ccccc1N. The highest BCUT2D eigenvalue weighted by Gasteiger charge is 2.03. The van der Waals surface area contributed by atoms with Gasteiger partial charge in [0.15, 0.2) is 0 Å². The van der Waals surface area contributed by atoms with Crippen molar-refractivity contribution in [3.63, 3.8) is 0 Å². The van der Waals surface area contributed by atoms with E-state index < -0.39 is 0 Å². The fourth-order valence-corrected chi connectivity index (χ4v) is 1.44. The van der Waals surface area contributed by atoms with Crippen LogP contribution in [0, 0.1) is 0 Å². The second-order valence-corrected chi connectivity index (χ2v) is 4.33. The Hall–Kier alpha value is -1.26. The summed E-state index contributed by atoms with van der Waals surface area (Å²) < 4.78 is 5.59. The van der Waals surface area contributed by atoms with Crippen LogP contribution in [-0.2, 0) is 0 Å². The summed E-state index contributed by atoms with van der Waals surface area (Å²) >= 11 is 0. The first kappa shape index (κ1) is 13.8. The summed E-state index contributed by atoms with van der Waals surface area (Å²) in [5, 5.41) is 9.17. The molecule has 0 bridgehead atoms. The highest BCUT2D eigenvalue weighted by Crippen LogP contribution is 2.19. The maximum atomic E-state index is 9.17. The molecule has 1 aromatic rings. The van der Waals surface area contributed by atoms with Gasteiger partial charge in [-0.2, -0.15) is 0 Å². The van der Waals surface area contributed by atoms with Crippen molar-refractivity contribution >= 4 is 5.69 Å². The van der Waals surface area contributed by atoms with Crippen molar-refractivity contribution in [3.05, 3.63) is 24.3 Å². The number of hydrogen-bond acceptors (Lipinski definition) is 4. The largest absolute Gasteiger partial charge is 0.490 e. The van der Waals surface area contributed by atoms with Gasteiger partial charge in [-0.3, -0.25) is 0 Å². The Kier molecular flexibility index (Phi) is 5.80. The van der Waals surface area contributed by atoms with Crippen LogP contribution in [0.1, 0.15) is 13.3 Å². The van der Waals surface area contributed by atoms with E-state index in [1.54, 1.807) is 6.92 Å². The molecule has 0 saturated carbocycles. The summed E-state index contributed by atoms with van der Waals surface area (Å²) in [4.78, 5) is 2.13. The Bertz CT molecular complexity index is 329. The minimum atomic E-state index is -0.247. The molecule has 0 aliphatic carbocycles. The van der Waals surface area contributed by atoms with E-state index in [9.17, 15) is 0 Å². The van der Waals surface area contributed by atoms with E-state index in [0.29, 0.717) is 12.3 Å². The monoisotopic (exact) mass is 238 g/mol. The first-order chi connectivity index (χ1) is 8.09. The second kappa shape index (κ2) is 7.14. The van der Waals surface area contributed by atoms with Crippen molar-refractivity contribution in [1.29, 1.82) is 0 Å². The molecule has 0 fully saturated rings. The number of nitrogens with zero attached hydrogens (tertiary/aromatic N) is 1. The molecular weight excluding hydrogens is 216 g/mol. The lowest BCUT2D eigenvalue weighted by atomic mass is 10.3. The molecule has 0 aromatic heterocycles. The van der Waals surface area contributed by atoms with Crippen LogP contribution >= 0.6 is 0 Å². The quantitative estimate of drug-likeness (QED) is 0.704. The van der Waals surface area contributed by atoms with Gasteiger partial charge < -0.3 is 20.5 Å². The summed E-state index contributed by atoms with van der Waals surface area (Å²) in [5.74, 6) is 0.733. The number of ether oxygens (including phenoxy) is 1. The number of anilines is 1. The molecule has 1 rings (SSSR count). The van der Waals surface area contributed by atoms with Gasteiger partial charge >= 0.3 is 0 Å². The fourth-order valence-electron chi connectivity index (χ4n) is 1.44. The molecule has 4 nitrogen and oxygen atoms in total. The first-order valence-electron chi connectivity index (χ1n) is 5.93. The third-order valence-corrected chi connectivity index (χ3v) is 2.58. The smallest absolute Gasteiger partial charge is 0.142 e. The molecule has 0 spiro atoms. The van der Waals surface area contributed by atoms with Crippen LogP contribution in [0.3, 0.4) is 0 Å². The van der Waals surface area contributed by atoms with Crippen LogP contribution in [0.5, 0.6) is 5.75 Å². The minimum Gasteiger partial charge on any atom is -0.490 e. The van der Waals surface area contributed by atoms with Crippen LogP contribution in [0.15, 0.2) is 24.3 Å². The summed E-state index contributed by atoms with van der Waals surface area (Å²) in [5.41, 5.74) is 6.43. The Morgan fingerprint density at radius 2 is 2.06 bits per heavy atom. The molecule has 4 heteroatoms. The number of aliphatic hydroxyl groups is 1. The number of likely N-dealkylation sites (N-methyl/N-ethyl adjacent to an activating group) is 1.